The topological polar surface area (TPSA) is 105 Å². The summed E-state index contributed by atoms with van der Waals surface area (Å²) in [5, 5.41) is 12.0. The van der Waals surface area contributed by atoms with Gasteiger partial charge in [-0.05, 0) is 25.0 Å². The summed E-state index contributed by atoms with van der Waals surface area (Å²) in [6.45, 7) is 0. The third-order valence-corrected chi connectivity index (χ3v) is 3.49. The van der Waals surface area contributed by atoms with Crippen LogP contribution in [0, 0.1) is 0 Å². The van der Waals surface area contributed by atoms with E-state index in [2.05, 4.69) is 10.3 Å². The van der Waals surface area contributed by atoms with Gasteiger partial charge in [0.2, 0.25) is 0 Å². The summed E-state index contributed by atoms with van der Waals surface area (Å²) >= 11 is 0. The molecule has 1 fully saturated rings. The number of carboxylic acid groups (broad SMARTS) is 1. The van der Waals surface area contributed by atoms with Gasteiger partial charge in [0.05, 0.1) is 11.9 Å². The predicted octanol–water partition coefficient (Wildman–Crippen LogP) is 1.18. The summed E-state index contributed by atoms with van der Waals surface area (Å²) in [6.07, 6.45) is 4.92. The molecule has 0 spiro atoms. The van der Waals surface area contributed by atoms with Crippen LogP contribution in [-0.4, -0.2) is 27.5 Å². The summed E-state index contributed by atoms with van der Waals surface area (Å²) in [5.41, 5.74) is 4.98. The molecule has 1 aromatic rings. The van der Waals surface area contributed by atoms with Crippen LogP contribution in [-0.2, 0) is 4.79 Å². The van der Waals surface area contributed by atoms with Gasteiger partial charge in [0.15, 0.2) is 0 Å². The van der Waals surface area contributed by atoms with Crippen LogP contribution in [0.1, 0.15) is 42.6 Å². The molecule has 0 aromatic carbocycles. The molecule has 1 heterocycles. The Balaban J connectivity index is 2.15. The molecule has 6 nitrogen and oxygen atoms in total. The Morgan fingerprint density at radius 2 is 1.95 bits per heavy atom. The van der Waals surface area contributed by atoms with E-state index in [1.54, 1.807) is 6.07 Å². The number of nitrogens with one attached hydrogen (secondary N) is 1. The predicted molar refractivity (Wildman–Crippen MR) is 69.6 cm³/mol. The number of aliphatic carboxylic acids is 1. The quantitative estimate of drug-likeness (QED) is 0.759. The highest BCUT2D eigenvalue weighted by Gasteiger charge is 2.41. The zero-order valence-electron chi connectivity index (χ0n) is 10.6. The van der Waals surface area contributed by atoms with Gasteiger partial charge in [-0.2, -0.15) is 0 Å². The van der Waals surface area contributed by atoms with E-state index >= 15 is 0 Å². The summed E-state index contributed by atoms with van der Waals surface area (Å²) < 4.78 is 0. The van der Waals surface area contributed by atoms with Crippen molar-refractivity contribution in [3.63, 3.8) is 0 Å². The Hall–Kier alpha value is -2.11. The normalized spacial score (nSPS) is 17.7. The lowest BCUT2D eigenvalue weighted by molar-refractivity contribution is -0.145. The van der Waals surface area contributed by atoms with E-state index in [1.165, 1.54) is 12.3 Å². The third-order valence-electron chi connectivity index (χ3n) is 3.49. The number of hydrogen-bond acceptors (Lipinski definition) is 4. The van der Waals surface area contributed by atoms with Crippen molar-refractivity contribution in [3.05, 3.63) is 24.0 Å². The van der Waals surface area contributed by atoms with E-state index in [4.69, 9.17) is 5.73 Å². The molecule has 1 saturated carbocycles. The van der Waals surface area contributed by atoms with Crippen LogP contribution in [0.3, 0.4) is 0 Å². The molecule has 102 valence electrons. The lowest BCUT2D eigenvalue weighted by Crippen LogP contribution is -2.55. The molecule has 6 heteroatoms. The van der Waals surface area contributed by atoms with Gasteiger partial charge in [0, 0.05) is 0 Å². The number of amides is 1. The number of nitrogens with zero attached hydrogens (tertiary/aromatic N) is 1. The number of anilines is 1. The maximum absolute atomic E-state index is 12.1. The fourth-order valence-electron chi connectivity index (χ4n) is 2.37. The van der Waals surface area contributed by atoms with Gasteiger partial charge < -0.3 is 16.2 Å². The zero-order valence-corrected chi connectivity index (χ0v) is 10.6. The van der Waals surface area contributed by atoms with Crippen LogP contribution >= 0.6 is 0 Å². The highest BCUT2D eigenvalue weighted by molar-refractivity contribution is 5.96. The second kappa shape index (κ2) is 5.26. The molecule has 0 radical (unpaired) electrons. The Labute approximate surface area is 111 Å². The number of hydrogen-bond donors (Lipinski definition) is 3. The fraction of sp³-hybridized carbons (Fsp3) is 0.462. The fourth-order valence-corrected chi connectivity index (χ4v) is 2.37. The first-order chi connectivity index (χ1) is 9.03. The molecule has 19 heavy (non-hydrogen) atoms. The molecule has 1 aliphatic rings. The first kappa shape index (κ1) is 13.3. The smallest absolute Gasteiger partial charge is 0.329 e. The minimum absolute atomic E-state index is 0.181. The van der Waals surface area contributed by atoms with E-state index in [0.717, 1.165) is 19.3 Å². The molecule has 0 bridgehead atoms. The molecule has 0 atom stereocenters. The number of carbonyl (C=O) groups is 2. The maximum atomic E-state index is 12.1. The minimum atomic E-state index is -1.15. The molecule has 1 aliphatic carbocycles. The lowest BCUT2D eigenvalue weighted by atomic mass is 9.81. The molecular formula is C13H17N3O3. The molecule has 4 N–H and O–H groups in total. The standard InChI is InChI=1S/C13H17N3O3/c14-9-4-5-10(15-8-9)11(17)16-13(12(18)19)6-2-1-3-7-13/h4-5,8H,1-3,6-7,14H2,(H,16,17)(H,18,19). The second-order valence-corrected chi connectivity index (χ2v) is 4.88. The third kappa shape index (κ3) is 2.83. The number of carboxylic acids is 1. The van der Waals surface area contributed by atoms with Gasteiger partial charge in [-0.1, -0.05) is 19.3 Å². The number of rotatable bonds is 3. The van der Waals surface area contributed by atoms with Gasteiger partial charge in [-0.25, -0.2) is 9.78 Å². The summed E-state index contributed by atoms with van der Waals surface area (Å²) in [6, 6.07) is 3.05. The first-order valence-corrected chi connectivity index (χ1v) is 6.31. The Morgan fingerprint density at radius 3 is 2.47 bits per heavy atom. The number of nitrogens with two attached hydrogens (primary N) is 1. The van der Waals surface area contributed by atoms with Crippen molar-refractivity contribution < 1.29 is 14.7 Å². The van der Waals surface area contributed by atoms with Crippen molar-refractivity contribution in [1.29, 1.82) is 0 Å². The van der Waals surface area contributed by atoms with Crippen molar-refractivity contribution >= 4 is 17.6 Å². The van der Waals surface area contributed by atoms with Crippen LogP contribution in [0.2, 0.25) is 0 Å². The minimum Gasteiger partial charge on any atom is -0.480 e. The highest BCUT2D eigenvalue weighted by Crippen LogP contribution is 2.28. The highest BCUT2D eigenvalue weighted by atomic mass is 16.4. The SMILES string of the molecule is Nc1ccc(C(=O)NC2(C(=O)O)CCCCC2)nc1. The summed E-state index contributed by atoms with van der Waals surface area (Å²) in [5.74, 6) is -1.44. The average Bonchev–Trinajstić information content (AvgIpc) is 2.40. The van der Waals surface area contributed by atoms with Crippen molar-refractivity contribution in [3.8, 4) is 0 Å². The van der Waals surface area contributed by atoms with Crippen molar-refractivity contribution in [1.82, 2.24) is 10.3 Å². The number of aromatic nitrogens is 1. The van der Waals surface area contributed by atoms with E-state index in [0.29, 0.717) is 18.5 Å². The van der Waals surface area contributed by atoms with Gasteiger partial charge in [0.1, 0.15) is 11.2 Å². The average molecular weight is 263 g/mol. The summed E-state index contributed by atoms with van der Waals surface area (Å²) in [7, 11) is 0. The van der Waals surface area contributed by atoms with Gasteiger partial charge in [-0.15, -0.1) is 0 Å². The second-order valence-electron chi connectivity index (χ2n) is 4.88. The molecule has 0 aliphatic heterocycles. The lowest BCUT2D eigenvalue weighted by Gasteiger charge is -2.33. The summed E-state index contributed by atoms with van der Waals surface area (Å²) in [4.78, 5) is 27.4. The zero-order chi connectivity index (χ0) is 13.9. The Morgan fingerprint density at radius 1 is 1.26 bits per heavy atom. The van der Waals surface area contributed by atoms with Crippen LogP contribution in [0.25, 0.3) is 0 Å². The van der Waals surface area contributed by atoms with Crippen LogP contribution in [0.5, 0.6) is 0 Å². The molecule has 0 unspecified atom stereocenters. The number of nitrogen functional groups attached to an aromatic ring is 1. The van der Waals surface area contributed by atoms with Crippen molar-refractivity contribution in [2.75, 3.05) is 5.73 Å². The first-order valence-electron chi connectivity index (χ1n) is 6.31. The largest absolute Gasteiger partial charge is 0.480 e. The maximum Gasteiger partial charge on any atom is 0.329 e. The monoisotopic (exact) mass is 263 g/mol. The van der Waals surface area contributed by atoms with Crippen molar-refractivity contribution in [2.24, 2.45) is 0 Å². The van der Waals surface area contributed by atoms with Gasteiger partial charge in [0.25, 0.3) is 5.91 Å². The molecule has 1 amide bonds. The molecule has 2 rings (SSSR count). The molecule has 0 saturated heterocycles. The van der Waals surface area contributed by atoms with E-state index in [1.807, 2.05) is 0 Å². The molecule has 1 aromatic heterocycles. The molecular weight excluding hydrogens is 246 g/mol. The van der Waals surface area contributed by atoms with Crippen LogP contribution in [0.15, 0.2) is 18.3 Å². The number of pyridine rings is 1. The van der Waals surface area contributed by atoms with Crippen molar-refractivity contribution in [2.45, 2.75) is 37.6 Å². The Bertz CT molecular complexity index is 478. The van der Waals surface area contributed by atoms with Gasteiger partial charge in [-0.3, -0.25) is 4.79 Å². The van der Waals surface area contributed by atoms with E-state index in [-0.39, 0.29) is 5.69 Å². The van der Waals surface area contributed by atoms with E-state index < -0.39 is 17.4 Å². The Kier molecular flexibility index (Phi) is 3.69. The van der Waals surface area contributed by atoms with Gasteiger partial charge >= 0.3 is 5.97 Å². The number of carbonyl (C=O) groups excluding carboxylic acids is 1. The van der Waals surface area contributed by atoms with Crippen LogP contribution < -0.4 is 11.1 Å². The van der Waals surface area contributed by atoms with E-state index in [9.17, 15) is 14.7 Å². The van der Waals surface area contributed by atoms with Crippen LogP contribution in [0.4, 0.5) is 5.69 Å².